The van der Waals surface area contributed by atoms with Crippen molar-refractivity contribution in [1.29, 1.82) is 0 Å². The van der Waals surface area contributed by atoms with E-state index in [9.17, 15) is 14.4 Å². The molecule has 0 spiro atoms. The van der Waals surface area contributed by atoms with E-state index in [-0.39, 0.29) is 18.4 Å². The minimum absolute atomic E-state index is 0.0739. The van der Waals surface area contributed by atoms with Crippen molar-refractivity contribution in [3.8, 4) is 0 Å². The monoisotopic (exact) mass is 266 g/mol. The molecular weight excluding hydrogens is 248 g/mol. The number of carbonyl (C=O) groups excluding carboxylic acids is 3. The molecule has 0 amide bonds. The Balaban J connectivity index is 2.06. The summed E-state index contributed by atoms with van der Waals surface area (Å²) in [7, 11) is 0. The van der Waals surface area contributed by atoms with Gasteiger partial charge in [0.15, 0.2) is 5.78 Å². The predicted octanol–water partition coefficient (Wildman–Crippen LogP) is 1.26. The maximum atomic E-state index is 11.8. The average Bonchev–Trinajstić information content (AvgIpc) is 2.72. The maximum Gasteiger partial charge on any atom is 0.316 e. The highest BCUT2D eigenvalue weighted by molar-refractivity contribution is 6.03. The molecule has 1 saturated heterocycles. The van der Waals surface area contributed by atoms with Crippen molar-refractivity contribution in [2.45, 2.75) is 33.8 Å². The van der Waals surface area contributed by atoms with Crippen molar-refractivity contribution in [3.63, 3.8) is 0 Å². The van der Waals surface area contributed by atoms with Crippen molar-refractivity contribution in [2.24, 2.45) is 16.7 Å². The highest BCUT2D eigenvalue weighted by Gasteiger charge is 2.58. The van der Waals surface area contributed by atoms with Crippen LogP contribution in [0, 0.1) is 16.7 Å². The fourth-order valence-corrected chi connectivity index (χ4v) is 2.36. The summed E-state index contributed by atoms with van der Waals surface area (Å²) < 4.78 is 10.3. The molecule has 2 aliphatic rings. The molecule has 1 fully saturated rings. The highest BCUT2D eigenvalue weighted by atomic mass is 16.6. The Kier molecular flexibility index (Phi) is 3.03. The Bertz CT molecular complexity index is 471. The second kappa shape index (κ2) is 4.18. The Morgan fingerprint density at radius 3 is 2.63 bits per heavy atom. The minimum Gasteiger partial charge on any atom is -0.461 e. The zero-order valence-corrected chi connectivity index (χ0v) is 11.6. The van der Waals surface area contributed by atoms with Crippen molar-refractivity contribution < 1.29 is 23.9 Å². The lowest BCUT2D eigenvalue weighted by atomic mass is 9.79. The van der Waals surface area contributed by atoms with E-state index >= 15 is 0 Å². The predicted molar refractivity (Wildman–Crippen MR) is 66.0 cm³/mol. The summed E-state index contributed by atoms with van der Waals surface area (Å²) >= 11 is 0. The van der Waals surface area contributed by atoms with Gasteiger partial charge < -0.3 is 9.47 Å². The molecular formula is C14H18O5. The van der Waals surface area contributed by atoms with Crippen molar-refractivity contribution in [3.05, 3.63) is 12.2 Å². The summed E-state index contributed by atoms with van der Waals surface area (Å²) in [5, 5.41) is 0. The number of hydrogen-bond acceptors (Lipinski definition) is 5. The van der Waals surface area contributed by atoms with Gasteiger partial charge in [-0.2, -0.15) is 0 Å². The Morgan fingerprint density at radius 2 is 2.05 bits per heavy atom. The molecule has 0 bridgehead atoms. The third-order valence-electron chi connectivity index (χ3n) is 3.61. The molecule has 1 aliphatic carbocycles. The van der Waals surface area contributed by atoms with Gasteiger partial charge in [-0.3, -0.25) is 14.4 Å². The molecule has 0 aromatic rings. The van der Waals surface area contributed by atoms with E-state index in [0.717, 1.165) is 0 Å². The molecule has 5 nitrogen and oxygen atoms in total. The number of cyclic esters (lactones) is 1. The molecule has 3 atom stereocenters. The molecule has 5 heteroatoms. The van der Waals surface area contributed by atoms with Gasteiger partial charge in [0.1, 0.15) is 12.7 Å². The van der Waals surface area contributed by atoms with Crippen LogP contribution in [0.3, 0.4) is 0 Å². The van der Waals surface area contributed by atoms with Crippen LogP contribution in [0.15, 0.2) is 12.2 Å². The fourth-order valence-electron chi connectivity index (χ4n) is 2.36. The van der Waals surface area contributed by atoms with E-state index in [4.69, 9.17) is 9.47 Å². The number of hydrogen-bond donors (Lipinski definition) is 0. The van der Waals surface area contributed by atoms with Crippen LogP contribution in [0.5, 0.6) is 0 Å². The summed E-state index contributed by atoms with van der Waals surface area (Å²) in [6, 6.07) is 0. The SMILES string of the molecule is CC(C)(C)C(=O)OC[C@H]1OC(=O)[C@]2(C)C=CC(=O)[C@H]12. The lowest BCUT2D eigenvalue weighted by molar-refractivity contribution is -0.161. The van der Waals surface area contributed by atoms with Gasteiger partial charge in [-0.15, -0.1) is 0 Å². The summed E-state index contributed by atoms with van der Waals surface area (Å²) in [5.74, 6) is -1.54. The van der Waals surface area contributed by atoms with E-state index in [0.29, 0.717) is 0 Å². The van der Waals surface area contributed by atoms with Crippen LogP contribution in [0.2, 0.25) is 0 Å². The van der Waals surface area contributed by atoms with Crippen LogP contribution in [-0.2, 0) is 23.9 Å². The first-order valence-corrected chi connectivity index (χ1v) is 6.27. The molecule has 19 heavy (non-hydrogen) atoms. The van der Waals surface area contributed by atoms with Gasteiger partial charge >= 0.3 is 11.9 Å². The van der Waals surface area contributed by atoms with E-state index in [1.165, 1.54) is 6.08 Å². The van der Waals surface area contributed by atoms with E-state index < -0.39 is 28.8 Å². The number of ether oxygens (including phenoxy) is 2. The molecule has 1 aliphatic heterocycles. The summed E-state index contributed by atoms with van der Waals surface area (Å²) in [6.07, 6.45) is 2.30. The molecule has 2 rings (SSSR count). The number of ketones is 1. The lowest BCUT2D eigenvalue weighted by Gasteiger charge is -2.21. The summed E-state index contributed by atoms with van der Waals surface area (Å²) in [4.78, 5) is 35.3. The zero-order chi connectivity index (χ0) is 14.4. The Hall–Kier alpha value is -1.65. The second-order valence-corrected chi connectivity index (χ2v) is 6.29. The highest BCUT2D eigenvalue weighted by Crippen LogP contribution is 2.45. The van der Waals surface area contributed by atoms with Crippen LogP contribution in [0.25, 0.3) is 0 Å². The van der Waals surface area contributed by atoms with Crippen LogP contribution in [0.4, 0.5) is 0 Å². The van der Waals surface area contributed by atoms with Gasteiger partial charge in [0.25, 0.3) is 0 Å². The Labute approximate surface area is 111 Å². The van der Waals surface area contributed by atoms with Crippen molar-refractivity contribution in [1.82, 2.24) is 0 Å². The van der Waals surface area contributed by atoms with E-state index in [1.54, 1.807) is 33.8 Å². The van der Waals surface area contributed by atoms with Gasteiger partial charge in [-0.05, 0) is 33.8 Å². The molecule has 0 unspecified atom stereocenters. The van der Waals surface area contributed by atoms with Gasteiger partial charge in [0.05, 0.1) is 16.7 Å². The average molecular weight is 266 g/mol. The third-order valence-corrected chi connectivity index (χ3v) is 3.61. The number of rotatable bonds is 2. The van der Waals surface area contributed by atoms with Crippen molar-refractivity contribution in [2.75, 3.05) is 6.61 Å². The molecule has 0 saturated carbocycles. The summed E-state index contributed by atoms with van der Waals surface area (Å²) in [5.41, 5.74) is -1.53. The van der Waals surface area contributed by atoms with E-state index in [1.807, 2.05) is 0 Å². The first kappa shape index (κ1) is 13.8. The molecule has 0 aromatic heterocycles. The van der Waals surface area contributed by atoms with Crippen LogP contribution in [0.1, 0.15) is 27.7 Å². The standard InChI is InChI=1S/C14H18O5/c1-13(2,3)11(16)18-7-9-10-8(15)5-6-14(10,4)12(17)19-9/h5-6,9-10H,7H2,1-4H3/t9-,10-,14-/m1/s1. The molecule has 0 radical (unpaired) electrons. The molecule has 1 heterocycles. The fraction of sp³-hybridized carbons (Fsp3) is 0.643. The third kappa shape index (κ3) is 2.17. The first-order chi connectivity index (χ1) is 8.66. The smallest absolute Gasteiger partial charge is 0.316 e. The van der Waals surface area contributed by atoms with Gasteiger partial charge in [0.2, 0.25) is 0 Å². The number of fused-ring (bicyclic) bond motifs is 1. The van der Waals surface area contributed by atoms with Crippen LogP contribution < -0.4 is 0 Å². The van der Waals surface area contributed by atoms with Crippen molar-refractivity contribution >= 4 is 17.7 Å². The minimum atomic E-state index is -0.907. The van der Waals surface area contributed by atoms with E-state index in [2.05, 4.69) is 0 Å². The van der Waals surface area contributed by atoms with Gasteiger partial charge in [-0.1, -0.05) is 6.08 Å². The molecule has 0 aromatic carbocycles. The van der Waals surface area contributed by atoms with Crippen LogP contribution in [-0.4, -0.2) is 30.4 Å². The number of allylic oxidation sites excluding steroid dienone is 1. The maximum absolute atomic E-state index is 11.8. The molecule has 0 N–H and O–H groups in total. The largest absolute Gasteiger partial charge is 0.461 e. The van der Waals surface area contributed by atoms with Crippen LogP contribution >= 0.6 is 0 Å². The van der Waals surface area contributed by atoms with Gasteiger partial charge in [-0.25, -0.2) is 0 Å². The number of carbonyl (C=O) groups is 3. The zero-order valence-electron chi connectivity index (χ0n) is 11.6. The van der Waals surface area contributed by atoms with Gasteiger partial charge in [0, 0.05) is 0 Å². The second-order valence-electron chi connectivity index (χ2n) is 6.29. The lowest BCUT2D eigenvalue weighted by Crippen LogP contribution is -2.35. The summed E-state index contributed by atoms with van der Waals surface area (Å²) in [6.45, 7) is 6.82. The quantitative estimate of drug-likeness (QED) is 0.704. The molecule has 104 valence electrons. The normalized spacial score (nSPS) is 33.3. The number of esters is 2. The first-order valence-electron chi connectivity index (χ1n) is 6.27. The Morgan fingerprint density at radius 1 is 1.42 bits per heavy atom. The topological polar surface area (TPSA) is 69.7 Å².